The number of nitrogens with one attached hydrogen (secondary N) is 1. The van der Waals surface area contributed by atoms with Crippen molar-refractivity contribution in [3.8, 4) is 0 Å². The minimum absolute atomic E-state index is 0.0394. The lowest BCUT2D eigenvalue weighted by molar-refractivity contribution is 0.0693. The van der Waals surface area contributed by atoms with Gasteiger partial charge in [-0.25, -0.2) is 9.18 Å². The molecule has 1 aromatic carbocycles. The molecule has 0 spiro atoms. The molecule has 1 saturated carbocycles. The van der Waals surface area contributed by atoms with Crippen LogP contribution in [0.5, 0.6) is 0 Å². The fourth-order valence-corrected chi connectivity index (χ4v) is 1.99. The van der Waals surface area contributed by atoms with Gasteiger partial charge in [0.1, 0.15) is 17.1 Å². The molecule has 0 bridgehead atoms. The van der Waals surface area contributed by atoms with Crippen molar-refractivity contribution in [1.82, 2.24) is 5.16 Å². The van der Waals surface area contributed by atoms with Crippen LogP contribution in [0.3, 0.4) is 0 Å². The highest BCUT2D eigenvalue weighted by Gasteiger charge is 2.29. The molecule has 1 heterocycles. The van der Waals surface area contributed by atoms with E-state index in [1.54, 1.807) is 0 Å². The number of carbonyl (C=O) groups is 2. The van der Waals surface area contributed by atoms with Gasteiger partial charge in [-0.15, -0.1) is 0 Å². The first kappa shape index (κ1) is 13.3. The molecule has 0 atom stereocenters. The first-order valence-corrected chi connectivity index (χ1v) is 6.36. The number of hydrogen-bond donors (Lipinski definition) is 2. The molecule has 1 aromatic heterocycles. The Bertz CT molecular complexity index is 722. The molecule has 0 saturated heterocycles. The van der Waals surface area contributed by atoms with E-state index in [1.807, 2.05) is 0 Å². The van der Waals surface area contributed by atoms with Crippen LogP contribution in [0.1, 0.15) is 45.4 Å². The SMILES string of the molecule is O=C(Nc1cccc(F)c1C(=O)O)c1cc(C2CC2)on1. The summed E-state index contributed by atoms with van der Waals surface area (Å²) in [7, 11) is 0. The van der Waals surface area contributed by atoms with Crippen molar-refractivity contribution in [1.29, 1.82) is 0 Å². The Kier molecular flexibility index (Phi) is 3.17. The number of hydrogen-bond acceptors (Lipinski definition) is 4. The summed E-state index contributed by atoms with van der Waals surface area (Å²) < 4.78 is 18.6. The standard InChI is InChI=1S/C14H11FN2O4/c15-8-2-1-3-9(12(8)14(19)20)16-13(18)10-6-11(21-17-10)7-4-5-7/h1-3,6-7H,4-5H2,(H,16,18)(H,19,20). The molecular weight excluding hydrogens is 279 g/mol. The Labute approximate surface area is 118 Å². The van der Waals surface area contributed by atoms with Gasteiger partial charge < -0.3 is 14.9 Å². The molecule has 1 fully saturated rings. The number of aromatic nitrogens is 1. The van der Waals surface area contributed by atoms with Crippen LogP contribution in [-0.4, -0.2) is 22.1 Å². The van der Waals surface area contributed by atoms with Crippen LogP contribution in [0.2, 0.25) is 0 Å². The lowest BCUT2D eigenvalue weighted by atomic mass is 10.1. The molecule has 3 rings (SSSR count). The topological polar surface area (TPSA) is 92.4 Å². The molecule has 0 unspecified atom stereocenters. The monoisotopic (exact) mass is 290 g/mol. The summed E-state index contributed by atoms with van der Waals surface area (Å²) in [5.41, 5.74) is -0.669. The van der Waals surface area contributed by atoms with Crippen LogP contribution in [0.25, 0.3) is 0 Å². The smallest absolute Gasteiger partial charge is 0.340 e. The second kappa shape index (κ2) is 5.01. The van der Waals surface area contributed by atoms with Crippen molar-refractivity contribution in [2.45, 2.75) is 18.8 Å². The Morgan fingerprint density at radius 3 is 2.81 bits per heavy atom. The minimum atomic E-state index is -1.46. The van der Waals surface area contributed by atoms with Crippen LogP contribution < -0.4 is 5.32 Å². The number of carboxylic acid groups (broad SMARTS) is 1. The number of carboxylic acids is 1. The van der Waals surface area contributed by atoms with E-state index in [2.05, 4.69) is 10.5 Å². The third kappa shape index (κ3) is 2.62. The van der Waals surface area contributed by atoms with Crippen molar-refractivity contribution in [3.63, 3.8) is 0 Å². The van der Waals surface area contributed by atoms with Gasteiger partial charge in [0, 0.05) is 12.0 Å². The zero-order chi connectivity index (χ0) is 15.0. The first-order chi connectivity index (χ1) is 10.1. The Hall–Kier alpha value is -2.70. The molecule has 6 nitrogen and oxygen atoms in total. The summed E-state index contributed by atoms with van der Waals surface area (Å²) in [6.45, 7) is 0. The van der Waals surface area contributed by atoms with Crippen LogP contribution in [0.15, 0.2) is 28.8 Å². The van der Waals surface area contributed by atoms with Gasteiger partial charge in [0.2, 0.25) is 0 Å². The molecule has 0 radical (unpaired) electrons. The maximum Gasteiger partial charge on any atom is 0.340 e. The van der Waals surface area contributed by atoms with Crippen molar-refractivity contribution >= 4 is 17.6 Å². The van der Waals surface area contributed by atoms with Crippen molar-refractivity contribution in [2.75, 3.05) is 5.32 Å². The van der Waals surface area contributed by atoms with E-state index < -0.39 is 23.3 Å². The quantitative estimate of drug-likeness (QED) is 0.903. The number of rotatable bonds is 4. The predicted molar refractivity (Wildman–Crippen MR) is 69.8 cm³/mol. The highest BCUT2D eigenvalue weighted by Crippen LogP contribution is 2.40. The largest absolute Gasteiger partial charge is 0.478 e. The molecular formula is C14H11FN2O4. The van der Waals surface area contributed by atoms with Crippen LogP contribution >= 0.6 is 0 Å². The summed E-state index contributed by atoms with van der Waals surface area (Å²) in [6, 6.07) is 5.16. The van der Waals surface area contributed by atoms with E-state index in [4.69, 9.17) is 9.63 Å². The molecule has 1 amide bonds. The molecule has 2 aromatic rings. The Morgan fingerprint density at radius 2 is 2.14 bits per heavy atom. The van der Waals surface area contributed by atoms with Gasteiger partial charge in [-0.2, -0.15) is 0 Å². The Balaban J connectivity index is 1.83. The van der Waals surface area contributed by atoms with E-state index in [0.29, 0.717) is 11.7 Å². The molecule has 7 heteroatoms. The second-order valence-electron chi connectivity index (χ2n) is 4.81. The first-order valence-electron chi connectivity index (χ1n) is 6.36. The van der Waals surface area contributed by atoms with Gasteiger partial charge >= 0.3 is 5.97 Å². The van der Waals surface area contributed by atoms with Crippen LogP contribution in [0.4, 0.5) is 10.1 Å². The number of anilines is 1. The third-order valence-corrected chi connectivity index (χ3v) is 3.22. The van der Waals surface area contributed by atoms with Gasteiger partial charge in [-0.1, -0.05) is 11.2 Å². The summed E-state index contributed by atoms with van der Waals surface area (Å²) in [5.74, 6) is -2.07. The highest BCUT2D eigenvalue weighted by molar-refractivity contribution is 6.06. The molecule has 2 N–H and O–H groups in total. The normalized spacial score (nSPS) is 14.0. The van der Waals surface area contributed by atoms with Crippen molar-refractivity contribution in [3.05, 3.63) is 47.1 Å². The third-order valence-electron chi connectivity index (χ3n) is 3.22. The lowest BCUT2D eigenvalue weighted by Gasteiger charge is -2.07. The van der Waals surface area contributed by atoms with Gasteiger partial charge in [-0.3, -0.25) is 4.79 Å². The number of aromatic carboxylic acids is 1. The number of halogens is 1. The highest BCUT2D eigenvalue weighted by atomic mass is 19.1. The summed E-state index contributed by atoms with van der Waals surface area (Å²) >= 11 is 0. The zero-order valence-corrected chi connectivity index (χ0v) is 10.8. The Morgan fingerprint density at radius 1 is 1.38 bits per heavy atom. The van der Waals surface area contributed by atoms with E-state index in [1.165, 1.54) is 18.2 Å². The second-order valence-corrected chi connectivity index (χ2v) is 4.81. The number of amides is 1. The molecule has 21 heavy (non-hydrogen) atoms. The summed E-state index contributed by atoms with van der Waals surface area (Å²) in [4.78, 5) is 23.0. The van der Waals surface area contributed by atoms with Gasteiger partial charge in [0.15, 0.2) is 5.69 Å². The molecule has 108 valence electrons. The van der Waals surface area contributed by atoms with Gasteiger partial charge in [0.05, 0.1) is 5.69 Å². The number of carbonyl (C=O) groups excluding carboxylic acids is 1. The summed E-state index contributed by atoms with van der Waals surface area (Å²) in [6.07, 6.45) is 2.01. The average Bonchev–Trinajstić information content (AvgIpc) is 3.16. The van der Waals surface area contributed by atoms with E-state index in [0.717, 1.165) is 18.9 Å². The maximum atomic E-state index is 13.5. The zero-order valence-electron chi connectivity index (χ0n) is 10.8. The molecule has 0 aliphatic heterocycles. The number of benzene rings is 1. The van der Waals surface area contributed by atoms with E-state index in [-0.39, 0.29) is 11.4 Å². The van der Waals surface area contributed by atoms with E-state index in [9.17, 15) is 14.0 Å². The predicted octanol–water partition coefficient (Wildman–Crippen LogP) is 2.64. The molecule has 1 aliphatic carbocycles. The van der Waals surface area contributed by atoms with E-state index >= 15 is 0 Å². The fourth-order valence-electron chi connectivity index (χ4n) is 1.99. The van der Waals surface area contributed by atoms with Crippen LogP contribution in [-0.2, 0) is 0 Å². The number of nitrogens with zero attached hydrogens (tertiary/aromatic N) is 1. The lowest BCUT2D eigenvalue weighted by Crippen LogP contribution is -2.16. The minimum Gasteiger partial charge on any atom is -0.478 e. The van der Waals surface area contributed by atoms with Gasteiger partial charge in [0.25, 0.3) is 5.91 Å². The maximum absolute atomic E-state index is 13.5. The van der Waals surface area contributed by atoms with Crippen molar-refractivity contribution in [2.24, 2.45) is 0 Å². The van der Waals surface area contributed by atoms with Crippen molar-refractivity contribution < 1.29 is 23.6 Å². The average molecular weight is 290 g/mol. The molecule has 1 aliphatic rings. The van der Waals surface area contributed by atoms with Gasteiger partial charge in [-0.05, 0) is 25.0 Å². The van der Waals surface area contributed by atoms with Crippen LogP contribution in [0, 0.1) is 5.82 Å². The summed E-state index contributed by atoms with van der Waals surface area (Å²) in [5, 5.41) is 15.0. The fraction of sp³-hybridized carbons (Fsp3) is 0.214.